The van der Waals surface area contributed by atoms with E-state index in [0.717, 1.165) is 11.1 Å². The fraction of sp³-hybridized carbons (Fsp3) is 0.316. The first-order valence-electron chi connectivity index (χ1n) is 8.78. The molecule has 0 unspecified atom stereocenters. The summed E-state index contributed by atoms with van der Waals surface area (Å²) in [6, 6.07) is 4.65. The fourth-order valence-corrected chi connectivity index (χ4v) is 4.14. The lowest BCUT2D eigenvalue weighted by atomic mass is 10.1. The summed E-state index contributed by atoms with van der Waals surface area (Å²) < 4.78 is 7.16. The summed E-state index contributed by atoms with van der Waals surface area (Å²) in [5.41, 5.74) is 1.31. The highest BCUT2D eigenvalue weighted by atomic mass is 35.5. The predicted molar refractivity (Wildman–Crippen MR) is 108 cm³/mol. The van der Waals surface area contributed by atoms with Crippen LogP contribution in [0, 0.1) is 0 Å². The molecule has 1 fully saturated rings. The lowest BCUT2D eigenvalue weighted by Gasteiger charge is -2.30. The molecule has 0 saturated carbocycles. The van der Waals surface area contributed by atoms with E-state index < -0.39 is 12.0 Å². The van der Waals surface area contributed by atoms with Gasteiger partial charge in [0.15, 0.2) is 0 Å². The van der Waals surface area contributed by atoms with Gasteiger partial charge in [0.1, 0.15) is 11.9 Å². The van der Waals surface area contributed by atoms with Crippen molar-refractivity contribution in [3.63, 3.8) is 0 Å². The van der Waals surface area contributed by atoms with Crippen molar-refractivity contribution in [2.24, 2.45) is 0 Å². The number of hydrogen-bond donors (Lipinski definition) is 1. The topological polar surface area (TPSA) is 80.5 Å². The minimum Gasteiger partial charge on any atom is -0.480 e. The fourth-order valence-electron chi connectivity index (χ4n) is 3.78. The van der Waals surface area contributed by atoms with E-state index in [-0.39, 0.29) is 6.04 Å². The highest BCUT2D eigenvalue weighted by Crippen LogP contribution is 2.37. The van der Waals surface area contributed by atoms with Crippen LogP contribution >= 0.6 is 23.2 Å². The SMILES string of the molecule is COC[C@@H]1CC[C@@H](C(=O)O)N1c1cc(-n2ccnc2)c2ccc(Cl)c(Cl)c2n1. The number of anilines is 1. The van der Waals surface area contributed by atoms with Crippen LogP contribution in [-0.4, -0.2) is 51.4 Å². The van der Waals surface area contributed by atoms with Crippen LogP contribution in [0.1, 0.15) is 12.8 Å². The molecule has 1 aliphatic rings. The van der Waals surface area contributed by atoms with Gasteiger partial charge < -0.3 is 19.3 Å². The Bertz CT molecular complexity index is 1030. The van der Waals surface area contributed by atoms with Crippen LogP contribution in [0.15, 0.2) is 36.9 Å². The quantitative estimate of drug-likeness (QED) is 0.675. The molecule has 4 rings (SSSR count). The van der Waals surface area contributed by atoms with Gasteiger partial charge in [-0.15, -0.1) is 0 Å². The summed E-state index contributed by atoms with van der Waals surface area (Å²) in [5.74, 6) is -0.366. The van der Waals surface area contributed by atoms with Crippen LogP contribution in [-0.2, 0) is 9.53 Å². The van der Waals surface area contributed by atoms with Gasteiger partial charge in [0, 0.05) is 31.0 Å². The zero-order chi connectivity index (χ0) is 19.8. The Labute approximate surface area is 171 Å². The maximum absolute atomic E-state index is 11.9. The number of methoxy groups -OCH3 is 1. The third-order valence-corrected chi connectivity index (χ3v) is 5.83. The Morgan fingerprint density at radius 2 is 2.18 bits per heavy atom. The molecule has 1 aliphatic heterocycles. The number of fused-ring (bicyclic) bond motifs is 1. The number of benzene rings is 1. The maximum Gasteiger partial charge on any atom is 0.326 e. The molecule has 146 valence electrons. The molecule has 0 spiro atoms. The van der Waals surface area contributed by atoms with Crippen LogP contribution in [0.5, 0.6) is 0 Å². The minimum atomic E-state index is -0.887. The van der Waals surface area contributed by atoms with Crippen molar-refractivity contribution >= 4 is 45.9 Å². The second-order valence-electron chi connectivity index (χ2n) is 6.67. The summed E-state index contributed by atoms with van der Waals surface area (Å²) in [4.78, 5) is 22.5. The van der Waals surface area contributed by atoms with Crippen LogP contribution in [0.4, 0.5) is 5.82 Å². The average Bonchev–Trinajstić information content (AvgIpc) is 3.34. The lowest BCUT2D eigenvalue weighted by molar-refractivity contribution is -0.138. The van der Waals surface area contributed by atoms with Crippen molar-refractivity contribution in [2.45, 2.75) is 24.9 Å². The molecule has 3 heterocycles. The van der Waals surface area contributed by atoms with Crippen molar-refractivity contribution in [1.82, 2.24) is 14.5 Å². The summed E-state index contributed by atoms with van der Waals surface area (Å²) >= 11 is 12.7. The number of carboxylic acids is 1. The van der Waals surface area contributed by atoms with Crippen molar-refractivity contribution in [1.29, 1.82) is 0 Å². The molecular weight excluding hydrogens is 403 g/mol. The molecule has 2 atom stereocenters. The zero-order valence-electron chi connectivity index (χ0n) is 15.0. The van der Waals surface area contributed by atoms with E-state index in [2.05, 4.69) is 4.98 Å². The summed E-state index contributed by atoms with van der Waals surface area (Å²) in [5, 5.41) is 11.2. The Morgan fingerprint density at radius 3 is 2.86 bits per heavy atom. The first-order chi connectivity index (χ1) is 13.5. The summed E-state index contributed by atoms with van der Waals surface area (Å²) in [6.07, 6.45) is 6.38. The normalized spacial score (nSPS) is 19.5. The van der Waals surface area contributed by atoms with Crippen LogP contribution in [0.25, 0.3) is 16.6 Å². The summed E-state index contributed by atoms with van der Waals surface area (Å²) in [7, 11) is 1.60. The average molecular weight is 421 g/mol. The molecule has 28 heavy (non-hydrogen) atoms. The van der Waals surface area contributed by atoms with Gasteiger partial charge in [-0.2, -0.15) is 0 Å². The molecule has 0 aliphatic carbocycles. The largest absolute Gasteiger partial charge is 0.480 e. The van der Waals surface area contributed by atoms with Crippen molar-refractivity contribution in [3.8, 4) is 5.69 Å². The van der Waals surface area contributed by atoms with E-state index in [1.54, 1.807) is 25.7 Å². The number of ether oxygens (including phenoxy) is 1. The molecule has 7 nitrogen and oxygen atoms in total. The number of carboxylic acid groups (broad SMARTS) is 1. The first-order valence-corrected chi connectivity index (χ1v) is 9.54. The Morgan fingerprint density at radius 1 is 1.36 bits per heavy atom. The van der Waals surface area contributed by atoms with Gasteiger partial charge >= 0.3 is 5.97 Å². The standard InChI is InChI=1S/C19H18Cl2N4O3/c1-28-9-11-2-5-14(19(26)27)25(11)16-8-15(24-7-6-22-10-24)12-3-4-13(20)17(21)18(12)23-16/h3-4,6-8,10-11,14H,2,5,9H2,1H3,(H,26,27)/t11-,14-/m0/s1. The van der Waals surface area contributed by atoms with Crippen LogP contribution in [0.3, 0.4) is 0 Å². The molecule has 0 amide bonds. The van der Waals surface area contributed by atoms with Crippen molar-refractivity contribution < 1.29 is 14.6 Å². The van der Waals surface area contributed by atoms with E-state index in [1.807, 2.05) is 27.8 Å². The van der Waals surface area contributed by atoms with Gasteiger partial charge in [-0.3, -0.25) is 0 Å². The lowest BCUT2D eigenvalue weighted by Crippen LogP contribution is -2.43. The molecule has 2 aromatic heterocycles. The van der Waals surface area contributed by atoms with Gasteiger partial charge in [-0.05, 0) is 25.0 Å². The monoisotopic (exact) mass is 420 g/mol. The molecular formula is C19H18Cl2N4O3. The first kappa shape index (κ1) is 19.0. The molecule has 1 aromatic carbocycles. The van der Waals surface area contributed by atoms with E-state index in [0.29, 0.717) is 40.8 Å². The van der Waals surface area contributed by atoms with Crippen molar-refractivity contribution in [3.05, 3.63) is 47.0 Å². The third kappa shape index (κ3) is 3.19. The number of rotatable bonds is 5. The second kappa shape index (κ2) is 7.58. The maximum atomic E-state index is 11.9. The van der Waals surface area contributed by atoms with Crippen molar-refractivity contribution in [2.75, 3.05) is 18.6 Å². The molecule has 1 saturated heterocycles. The van der Waals surface area contributed by atoms with E-state index in [4.69, 9.17) is 32.9 Å². The van der Waals surface area contributed by atoms with Gasteiger partial charge in [0.2, 0.25) is 0 Å². The highest BCUT2D eigenvalue weighted by molar-refractivity contribution is 6.45. The number of aliphatic carboxylic acids is 1. The van der Waals surface area contributed by atoms with Gasteiger partial charge in [0.05, 0.1) is 40.2 Å². The molecule has 9 heteroatoms. The van der Waals surface area contributed by atoms with Crippen LogP contribution < -0.4 is 4.90 Å². The van der Waals surface area contributed by atoms with Gasteiger partial charge in [0.25, 0.3) is 0 Å². The van der Waals surface area contributed by atoms with E-state index >= 15 is 0 Å². The van der Waals surface area contributed by atoms with Crippen LogP contribution in [0.2, 0.25) is 10.0 Å². The molecule has 3 aromatic rings. The predicted octanol–water partition coefficient (Wildman–Crippen LogP) is 3.80. The number of carbonyl (C=O) groups is 1. The third-order valence-electron chi connectivity index (χ3n) is 5.03. The Kier molecular flexibility index (Phi) is 5.14. The van der Waals surface area contributed by atoms with E-state index in [9.17, 15) is 9.90 Å². The number of imidazole rings is 1. The summed E-state index contributed by atoms with van der Waals surface area (Å²) in [6.45, 7) is 0.410. The van der Waals surface area contributed by atoms with Gasteiger partial charge in [-0.25, -0.2) is 14.8 Å². The molecule has 1 N–H and O–H groups in total. The number of halogens is 2. The number of nitrogens with zero attached hydrogens (tertiary/aromatic N) is 4. The number of aromatic nitrogens is 3. The minimum absolute atomic E-state index is 0.0929. The Hall–Kier alpha value is -2.35. The highest BCUT2D eigenvalue weighted by Gasteiger charge is 2.39. The van der Waals surface area contributed by atoms with E-state index in [1.165, 1.54) is 0 Å². The number of hydrogen-bond acceptors (Lipinski definition) is 5. The zero-order valence-corrected chi connectivity index (χ0v) is 16.6. The van der Waals surface area contributed by atoms with Gasteiger partial charge in [-0.1, -0.05) is 23.2 Å². The second-order valence-corrected chi connectivity index (χ2v) is 7.46. The number of pyridine rings is 1. The Balaban J connectivity index is 1.96. The molecule has 0 bridgehead atoms. The molecule has 0 radical (unpaired) electrons. The smallest absolute Gasteiger partial charge is 0.326 e.